The molecule has 0 radical (unpaired) electrons. The first-order chi connectivity index (χ1) is 11.8. The highest BCUT2D eigenvalue weighted by atomic mass is 32.1. The van der Waals surface area contributed by atoms with Crippen molar-refractivity contribution < 1.29 is 14.3 Å². The maximum atomic E-state index is 12.0. The summed E-state index contributed by atoms with van der Waals surface area (Å²) in [6.07, 6.45) is 1.78. The van der Waals surface area contributed by atoms with Crippen molar-refractivity contribution in [1.29, 1.82) is 0 Å². The second kappa shape index (κ2) is 6.59. The highest BCUT2D eigenvalue weighted by molar-refractivity contribution is 7.16. The molecule has 0 unspecified atom stereocenters. The first kappa shape index (κ1) is 15.1. The molecule has 0 atom stereocenters. The molecule has 6 heteroatoms. The lowest BCUT2D eigenvalue weighted by molar-refractivity contribution is -0.129. The Labute approximate surface area is 143 Å². The normalized spacial score (nSPS) is 19.5. The summed E-state index contributed by atoms with van der Waals surface area (Å²) < 4.78 is 10.7. The molecule has 0 amide bonds. The van der Waals surface area contributed by atoms with Crippen LogP contribution >= 0.6 is 11.3 Å². The van der Waals surface area contributed by atoms with Gasteiger partial charge in [-0.25, -0.2) is 9.79 Å². The van der Waals surface area contributed by atoms with E-state index in [4.69, 9.17) is 9.47 Å². The van der Waals surface area contributed by atoms with Gasteiger partial charge in [0.05, 0.1) is 18.2 Å². The van der Waals surface area contributed by atoms with Crippen LogP contribution in [0.15, 0.2) is 53.2 Å². The maximum Gasteiger partial charge on any atom is 0.363 e. The summed E-state index contributed by atoms with van der Waals surface area (Å²) in [5.41, 5.74) is 1.14. The molecule has 3 heterocycles. The van der Waals surface area contributed by atoms with E-state index < -0.39 is 5.97 Å². The molecule has 0 aliphatic carbocycles. The standard InChI is InChI=1S/C18H16N2O3S/c21-18-15(19-17(23-18)13-4-2-1-3-5-13)12-14-6-7-16(24-14)20-8-10-22-11-9-20/h1-7,12H,8-11H2/b15-12+. The van der Waals surface area contributed by atoms with E-state index in [-0.39, 0.29) is 0 Å². The van der Waals surface area contributed by atoms with E-state index in [1.54, 1.807) is 17.4 Å². The van der Waals surface area contributed by atoms with Crippen molar-refractivity contribution in [3.8, 4) is 0 Å². The summed E-state index contributed by atoms with van der Waals surface area (Å²) in [4.78, 5) is 19.7. The van der Waals surface area contributed by atoms with Crippen LogP contribution in [-0.4, -0.2) is 38.2 Å². The van der Waals surface area contributed by atoms with Crippen LogP contribution in [0.2, 0.25) is 0 Å². The van der Waals surface area contributed by atoms with Gasteiger partial charge in [-0.05, 0) is 30.3 Å². The summed E-state index contributed by atoms with van der Waals surface area (Å²) in [7, 11) is 0. The van der Waals surface area contributed by atoms with E-state index in [2.05, 4.69) is 16.0 Å². The summed E-state index contributed by atoms with van der Waals surface area (Å²) in [6.45, 7) is 3.31. The number of cyclic esters (lactones) is 1. The van der Waals surface area contributed by atoms with Crippen LogP contribution in [0.25, 0.3) is 6.08 Å². The Morgan fingerprint density at radius 1 is 1.08 bits per heavy atom. The second-order valence-electron chi connectivity index (χ2n) is 5.48. The van der Waals surface area contributed by atoms with Gasteiger partial charge in [-0.3, -0.25) is 0 Å². The fraction of sp³-hybridized carbons (Fsp3) is 0.222. The van der Waals surface area contributed by atoms with Gasteiger partial charge in [0.15, 0.2) is 5.70 Å². The number of anilines is 1. The molecule has 0 bridgehead atoms. The zero-order valence-electron chi connectivity index (χ0n) is 13.0. The minimum Gasteiger partial charge on any atom is -0.402 e. The van der Waals surface area contributed by atoms with Crippen molar-refractivity contribution in [3.05, 3.63) is 58.6 Å². The van der Waals surface area contributed by atoms with Crippen LogP contribution in [0.1, 0.15) is 10.4 Å². The zero-order chi connectivity index (χ0) is 16.4. The van der Waals surface area contributed by atoms with Gasteiger partial charge in [-0.1, -0.05) is 18.2 Å². The van der Waals surface area contributed by atoms with E-state index in [1.165, 1.54) is 5.00 Å². The van der Waals surface area contributed by atoms with Gasteiger partial charge in [-0.2, -0.15) is 0 Å². The Bertz CT molecular complexity index is 805. The predicted molar refractivity (Wildman–Crippen MR) is 94.4 cm³/mol. The van der Waals surface area contributed by atoms with Crippen LogP contribution < -0.4 is 4.90 Å². The fourth-order valence-corrected chi connectivity index (χ4v) is 3.62. The Balaban J connectivity index is 1.56. The molecule has 2 aliphatic rings. The summed E-state index contributed by atoms with van der Waals surface area (Å²) >= 11 is 1.64. The zero-order valence-corrected chi connectivity index (χ0v) is 13.8. The first-order valence-corrected chi connectivity index (χ1v) is 8.62. The molecule has 0 spiro atoms. The number of hydrogen-bond acceptors (Lipinski definition) is 6. The number of benzene rings is 1. The Morgan fingerprint density at radius 2 is 1.88 bits per heavy atom. The largest absolute Gasteiger partial charge is 0.402 e. The van der Waals surface area contributed by atoms with Crippen molar-refractivity contribution in [2.75, 3.05) is 31.2 Å². The molecule has 5 nitrogen and oxygen atoms in total. The van der Waals surface area contributed by atoms with Gasteiger partial charge < -0.3 is 14.4 Å². The number of esters is 1. The van der Waals surface area contributed by atoms with E-state index in [1.807, 2.05) is 36.4 Å². The predicted octanol–water partition coefficient (Wildman–Crippen LogP) is 2.93. The number of rotatable bonds is 3. The van der Waals surface area contributed by atoms with Crippen molar-refractivity contribution in [1.82, 2.24) is 0 Å². The van der Waals surface area contributed by atoms with E-state index in [9.17, 15) is 4.79 Å². The van der Waals surface area contributed by atoms with E-state index >= 15 is 0 Å². The molecule has 122 valence electrons. The number of carbonyl (C=O) groups is 1. The third-order valence-corrected chi connectivity index (χ3v) is 4.95. The molecule has 1 saturated heterocycles. The monoisotopic (exact) mass is 340 g/mol. The molecule has 1 aromatic carbocycles. The summed E-state index contributed by atoms with van der Waals surface area (Å²) in [6, 6.07) is 13.5. The maximum absolute atomic E-state index is 12.0. The van der Waals surface area contributed by atoms with Crippen LogP contribution in [0.3, 0.4) is 0 Å². The topological polar surface area (TPSA) is 51.1 Å². The number of ether oxygens (including phenoxy) is 2. The fourth-order valence-electron chi connectivity index (χ4n) is 2.62. The lowest BCUT2D eigenvalue weighted by Gasteiger charge is -2.27. The number of carbonyl (C=O) groups excluding carboxylic acids is 1. The summed E-state index contributed by atoms with van der Waals surface area (Å²) in [5.74, 6) is -0.0491. The average Bonchev–Trinajstić information content (AvgIpc) is 3.24. The molecule has 24 heavy (non-hydrogen) atoms. The van der Waals surface area contributed by atoms with Gasteiger partial charge in [0.2, 0.25) is 5.90 Å². The van der Waals surface area contributed by atoms with Crippen molar-refractivity contribution in [2.24, 2.45) is 4.99 Å². The van der Waals surface area contributed by atoms with Crippen molar-refractivity contribution in [3.63, 3.8) is 0 Å². The van der Waals surface area contributed by atoms with Gasteiger partial charge in [-0.15, -0.1) is 11.3 Å². The Kier molecular flexibility index (Phi) is 4.15. The molecular formula is C18H16N2O3S. The molecule has 4 rings (SSSR count). The third-order valence-electron chi connectivity index (χ3n) is 3.86. The third kappa shape index (κ3) is 3.11. The summed E-state index contributed by atoms with van der Waals surface area (Å²) in [5, 5.41) is 1.18. The number of morpholine rings is 1. The molecular weight excluding hydrogens is 324 g/mol. The second-order valence-corrected chi connectivity index (χ2v) is 6.57. The molecule has 1 aromatic heterocycles. The van der Waals surface area contributed by atoms with Crippen LogP contribution in [-0.2, 0) is 14.3 Å². The molecule has 0 N–H and O–H groups in total. The average molecular weight is 340 g/mol. The van der Waals surface area contributed by atoms with E-state index in [0.717, 1.165) is 36.7 Å². The van der Waals surface area contributed by atoms with Crippen molar-refractivity contribution >= 4 is 34.3 Å². The lowest BCUT2D eigenvalue weighted by Crippen LogP contribution is -2.35. The molecule has 2 aromatic rings. The van der Waals surface area contributed by atoms with Gasteiger partial charge >= 0.3 is 5.97 Å². The van der Waals surface area contributed by atoms with E-state index in [0.29, 0.717) is 11.6 Å². The Hall–Kier alpha value is -2.44. The quantitative estimate of drug-likeness (QED) is 0.637. The number of aliphatic imine (C=N–C) groups is 1. The highest BCUT2D eigenvalue weighted by Crippen LogP contribution is 2.29. The van der Waals surface area contributed by atoms with Gasteiger partial charge in [0.25, 0.3) is 0 Å². The van der Waals surface area contributed by atoms with Gasteiger partial charge in [0.1, 0.15) is 0 Å². The smallest absolute Gasteiger partial charge is 0.363 e. The molecule has 1 fully saturated rings. The Morgan fingerprint density at radius 3 is 2.67 bits per heavy atom. The SMILES string of the molecule is O=C1OC(c2ccccc2)=N/C1=C/c1ccc(N2CCOCC2)s1. The minimum absolute atomic E-state index is 0.337. The first-order valence-electron chi connectivity index (χ1n) is 7.80. The lowest BCUT2D eigenvalue weighted by atomic mass is 10.2. The minimum atomic E-state index is -0.407. The van der Waals surface area contributed by atoms with Crippen LogP contribution in [0, 0.1) is 0 Å². The van der Waals surface area contributed by atoms with Crippen LogP contribution in [0.4, 0.5) is 5.00 Å². The van der Waals surface area contributed by atoms with Crippen molar-refractivity contribution in [2.45, 2.75) is 0 Å². The molecule has 2 aliphatic heterocycles. The van der Waals surface area contributed by atoms with Gasteiger partial charge in [0, 0.05) is 23.5 Å². The van der Waals surface area contributed by atoms with Crippen LogP contribution in [0.5, 0.6) is 0 Å². The number of nitrogens with zero attached hydrogens (tertiary/aromatic N) is 2. The highest BCUT2D eigenvalue weighted by Gasteiger charge is 2.24. The number of hydrogen-bond donors (Lipinski definition) is 0. The molecule has 0 saturated carbocycles. The number of thiophene rings is 1.